The Kier molecular flexibility index (Phi) is 4.17. The van der Waals surface area contributed by atoms with Gasteiger partial charge in [-0.3, -0.25) is 4.79 Å². The number of anilines is 1. The first-order valence-corrected chi connectivity index (χ1v) is 5.97. The summed E-state index contributed by atoms with van der Waals surface area (Å²) in [6.07, 6.45) is -1.19. The molecule has 0 atom stereocenters. The summed E-state index contributed by atoms with van der Waals surface area (Å²) in [6, 6.07) is 5.58. The van der Waals surface area contributed by atoms with Crippen LogP contribution < -0.4 is 5.32 Å². The number of hydrogen-bond acceptors (Lipinski definition) is 2. The molecule has 0 saturated heterocycles. The molecule has 0 aliphatic carbocycles. The SMILES string of the molecule is O=C(Nc1cc(Cl)ccc1-n1cccn1)C(F)(F)C(F)F. The second kappa shape index (κ2) is 5.72. The van der Waals surface area contributed by atoms with Crippen LogP contribution in [0.4, 0.5) is 23.2 Å². The average Bonchev–Trinajstić information content (AvgIpc) is 2.92. The Morgan fingerprint density at radius 2 is 2.10 bits per heavy atom. The summed E-state index contributed by atoms with van der Waals surface area (Å²) in [5.74, 6) is -6.92. The lowest BCUT2D eigenvalue weighted by Crippen LogP contribution is -2.41. The van der Waals surface area contributed by atoms with Gasteiger partial charge in [0.05, 0.1) is 11.4 Å². The average molecular weight is 322 g/mol. The molecule has 0 fully saturated rings. The number of alkyl halides is 4. The van der Waals surface area contributed by atoms with Crippen molar-refractivity contribution in [3.8, 4) is 5.69 Å². The van der Waals surface area contributed by atoms with Crippen molar-refractivity contribution in [3.05, 3.63) is 41.7 Å². The normalized spacial score (nSPS) is 11.7. The van der Waals surface area contributed by atoms with Gasteiger partial charge >= 0.3 is 18.3 Å². The fourth-order valence-electron chi connectivity index (χ4n) is 1.52. The predicted octanol–water partition coefficient (Wildman–Crippen LogP) is 3.36. The standard InChI is InChI=1S/C12H8ClF4N3O/c13-7-2-3-9(20-5-1-4-18-20)8(6-7)19-11(21)12(16,17)10(14)15/h1-6,10H,(H,19,21). The third-order valence-corrected chi connectivity index (χ3v) is 2.77. The minimum Gasteiger partial charge on any atom is -0.319 e. The second-order valence-electron chi connectivity index (χ2n) is 3.99. The van der Waals surface area contributed by atoms with Gasteiger partial charge in [0.1, 0.15) is 0 Å². The van der Waals surface area contributed by atoms with Gasteiger partial charge in [0.25, 0.3) is 0 Å². The van der Waals surface area contributed by atoms with Crippen molar-refractivity contribution >= 4 is 23.2 Å². The number of amides is 1. The van der Waals surface area contributed by atoms with Crippen molar-refractivity contribution in [1.29, 1.82) is 0 Å². The highest BCUT2D eigenvalue weighted by molar-refractivity contribution is 6.31. The molecular formula is C12H8ClF4N3O. The van der Waals surface area contributed by atoms with Crippen molar-refractivity contribution in [3.63, 3.8) is 0 Å². The van der Waals surface area contributed by atoms with E-state index < -0.39 is 18.3 Å². The third-order valence-electron chi connectivity index (χ3n) is 2.53. The molecule has 1 aromatic carbocycles. The highest BCUT2D eigenvalue weighted by Gasteiger charge is 2.49. The smallest absolute Gasteiger partial charge is 0.319 e. The van der Waals surface area contributed by atoms with Gasteiger partial charge in [0, 0.05) is 17.4 Å². The Morgan fingerprint density at radius 3 is 2.67 bits per heavy atom. The van der Waals surface area contributed by atoms with E-state index in [0.717, 1.165) is 6.07 Å². The number of aromatic nitrogens is 2. The molecular weight excluding hydrogens is 314 g/mol. The first-order valence-electron chi connectivity index (χ1n) is 5.59. The van der Waals surface area contributed by atoms with Gasteiger partial charge in [-0.1, -0.05) is 11.6 Å². The first kappa shape index (κ1) is 15.3. The minimum absolute atomic E-state index is 0.140. The molecule has 1 amide bonds. The molecule has 0 spiro atoms. The Labute approximate surface area is 121 Å². The van der Waals surface area contributed by atoms with Crippen LogP contribution in [0.1, 0.15) is 0 Å². The summed E-state index contributed by atoms with van der Waals surface area (Å²) < 4.78 is 51.6. The van der Waals surface area contributed by atoms with E-state index in [1.807, 2.05) is 0 Å². The fourth-order valence-corrected chi connectivity index (χ4v) is 1.70. The van der Waals surface area contributed by atoms with Gasteiger partial charge in [-0.05, 0) is 24.3 Å². The predicted molar refractivity (Wildman–Crippen MR) is 68.2 cm³/mol. The number of hydrogen-bond donors (Lipinski definition) is 1. The third kappa shape index (κ3) is 3.15. The van der Waals surface area contributed by atoms with Crippen LogP contribution in [0.2, 0.25) is 5.02 Å². The lowest BCUT2D eigenvalue weighted by atomic mass is 10.2. The zero-order valence-electron chi connectivity index (χ0n) is 10.2. The summed E-state index contributed by atoms with van der Waals surface area (Å²) >= 11 is 5.72. The zero-order chi connectivity index (χ0) is 15.6. The van der Waals surface area contributed by atoms with Crippen LogP contribution in [-0.2, 0) is 4.79 Å². The van der Waals surface area contributed by atoms with Crippen LogP contribution >= 0.6 is 11.6 Å². The summed E-state index contributed by atoms with van der Waals surface area (Å²) in [5.41, 5.74) is 0.0549. The van der Waals surface area contributed by atoms with Gasteiger partial charge in [-0.15, -0.1) is 0 Å². The molecule has 4 nitrogen and oxygen atoms in total. The van der Waals surface area contributed by atoms with E-state index >= 15 is 0 Å². The quantitative estimate of drug-likeness (QED) is 0.878. The van der Waals surface area contributed by atoms with Crippen LogP contribution in [0.15, 0.2) is 36.7 Å². The lowest BCUT2D eigenvalue weighted by Gasteiger charge is -2.17. The maximum Gasteiger partial charge on any atom is 0.383 e. The van der Waals surface area contributed by atoms with E-state index in [0.29, 0.717) is 0 Å². The number of rotatable bonds is 4. The van der Waals surface area contributed by atoms with Gasteiger partial charge in [0.2, 0.25) is 0 Å². The van der Waals surface area contributed by atoms with Crippen LogP contribution in [0.5, 0.6) is 0 Å². The maximum absolute atomic E-state index is 13.0. The van der Waals surface area contributed by atoms with Crippen molar-refractivity contribution < 1.29 is 22.4 Å². The first-order chi connectivity index (χ1) is 9.82. The van der Waals surface area contributed by atoms with E-state index in [1.165, 1.54) is 29.2 Å². The zero-order valence-corrected chi connectivity index (χ0v) is 11.0. The van der Waals surface area contributed by atoms with Crippen LogP contribution in [-0.4, -0.2) is 28.0 Å². The summed E-state index contributed by atoms with van der Waals surface area (Å²) in [7, 11) is 0. The number of carbonyl (C=O) groups is 1. The van der Waals surface area contributed by atoms with E-state index in [9.17, 15) is 22.4 Å². The van der Waals surface area contributed by atoms with Gasteiger partial charge in [0.15, 0.2) is 0 Å². The molecule has 1 heterocycles. The van der Waals surface area contributed by atoms with Crippen LogP contribution in [0, 0.1) is 0 Å². The molecule has 21 heavy (non-hydrogen) atoms. The molecule has 2 aromatic rings. The molecule has 1 N–H and O–H groups in total. The van der Waals surface area contributed by atoms with E-state index in [4.69, 9.17) is 11.6 Å². The molecule has 0 saturated carbocycles. The van der Waals surface area contributed by atoms with Gasteiger partial charge in [-0.25, -0.2) is 13.5 Å². The van der Waals surface area contributed by atoms with Crippen LogP contribution in [0.3, 0.4) is 0 Å². The van der Waals surface area contributed by atoms with Crippen molar-refractivity contribution in [1.82, 2.24) is 9.78 Å². The summed E-state index contributed by atoms with van der Waals surface area (Å²) in [4.78, 5) is 11.3. The number of nitrogens with one attached hydrogen (secondary N) is 1. The molecule has 112 valence electrons. The second-order valence-corrected chi connectivity index (χ2v) is 4.43. The Bertz CT molecular complexity index is 646. The highest BCUT2D eigenvalue weighted by Crippen LogP contribution is 2.28. The van der Waals surface area contributed by atoms with E-state index in [2.05, 4.69) is 5.10 Å². The minimum atomic E-state index is -4.80. The number of carbonyl (C=O) groups excluding carboxylic acids is 1. The molecule has 0 radical (unpaired) electrons. The number of benzene rings is 1. The largest absolute Gasteiger partial charge is 0.383 e. The summed E-state index contributed by atoms with van der Waals surface area (Å²) in [5, 5.41) is 5.76. The molecule has 0 bridgehead atoms. The van der Waals surface area contributed by atoms with Crippen molar-refractivity contribution in [2.45, 2.75) is 12.3 Å². The number of nitrogens with zero attached hydrogens (tertiary/aromatic N) is 2. The molecule has 0 unspecified atom stereocenters. The topological polar surface area (TPSA) is 46.9 Å². The monoisotopic (exact) mass is 321 g/mol. The fraction of sp³-hybridized carbons (Fsp3) is 0.167. The molecule has 9 heteroatoms. The highest BCUT2D eigenvalue weighted by atomic mass is 35.5. The Balaban J connectivity index is 2.36. The number of halogens is 5. The van der Waals surface area contributed by atoms with Crippen LogP contribution in [0.25, 0.3) is 5.69 Å². The molecule has 2 rings (SSSR count). The molecule has 0 aliphatic heterocycles. The Hall–Kier alpha value is -2.09. The maximum atomic E-state index is 13.0. The van der Waals surface area contributed by atoms with E-state index in [-0.39, 0.29) is 16.4 Å². The summed E-state index contributed by atoms with van der Waals surface area (Å²) in [6.45, 7) is 0. The van der Waals surface area contributed by atoms with Gasteiger partial charge in [-0.2, -0.15) is 13.9 Å². The van der Waals surface area contributed by atoms with E-state index in [1.54, 1.807) is 11.4 Å². The van der Waals surface area contributed by atoms with Crippen molar-refractivity contribution in [2.24, 2.45) is 0 Å². The lowest BCUT2D eigenvalue weighted by molar-refractivity contribution is -0.163. The molecule has 0 aliphatic rings. The van der Waals surface area contributed by atoms with Gasteiger partial charge < -0.3 is 5.32 Å². The van der Waals surface area contributed by atoms with Crippen molar-refractivity contribution in [2.75, 3.05) is 5.32 Å². The Morgan fingerprint density at radius 1 is 1.38 bits per heavy atom. The molecule has 1 aromatic heterocycles.